The van der Waals surface area contributed by atoms with E-state index in [0.717, 1.165) is 25.2 Å². The molecule has 0 radical (unpaired) electrons. The minimum atomic E-state index is -3.52. The fraction of sp³-hybridized carbons (Fsp3) is 0.435. The summed E-state index contributed by atoms with van der Waals surface area (Å²) in [4.78, 5) is 17.4. The fourth-order valence-electron chi connectivity index (χ4n) is 4.13. The van der Waals surface area contributed by atoms with E-state index in [1.807, 2.05) is 31.2 Å². The highest BCUT2D eigenvalue weighted by Gasteiger charge is 2.30. The number of piperazine rings is 1. The summed E-state index contributed by atoms with van der Waals surface area (Å²) in [5.74, 6) is -0.0323. The smallest absolute Gasteiger partial charge is 0.253 e. The van der Waals surface area contributed by atoms with Crippen LogP contribution < -0.4 is 0 Å². The van der Waals surface area contributed by atoms with Gasteiger partial charge in [-0.3, -0.25) is 9.69 Å². The molecule has 7 heteroatoms. The van der Waals surface area contributed by atoms with Crippen LogP contribution in [0, 0.1) is 6.92 Å². The molecule has 0 atom stereocenters. The quantitative estimate of drug-likeness (QED) is 0.736. The normalized spacial score (nSPS) is 18.6. The Morgan fingerprint density at radius 1 is 0.833 bits per heavy atom. The Bertz CT molecular complexity index is 973. The van der Waals surface area contributed by atoms with Crippen LogP contribution in [0.3, 0.4) is 0 Å². The van der Waals surface area contributed by atoms with Crippen LogP contribution in [0.5, 0.6) is 0 Å². The van der Waals surface area contributed by atoms with Crippen LogP contribution in [0.1, 0.15) is 34.3 Å². The first-order valence-electron chi connectivity index (χ1n) is 10.6. The van der Waals surface area contributed by atoms with E-state index >= 15 is 0 Å². The van der Waals surface area contributed by atoms with E-state index in [4.69, 9.17) is 0 Å². The highest BCUT2D eigenvalue weighted by Crippen LogP contribution is 2.20. The number of likely N-dealkylation sites (tertiary alicyclic amines) is 1. The van der Waals surface area contributed by atoms with Crippen molar-refractivity contribution in [2.45, 2.75) is 31.2 Å². The van der Waals surface area contributed by atoms with Gasteiger partial charge < -0.3 is 4.90 Å². The van der Waals surface area contributed by atoms with Crippen LogP contribution in [0.15, 0.2) is 53.4 Å². The van der Waals surface area contributed by atoms with Gasteiger partial charge in [0.2, 0.25) is 10.0 Å². The second-order valence-electron chi connectivity index (χ2n) is 8.19. The molecule has 0 N–H and O–H groups in total. The lowest BCUT2D eigenvalue weighted by molar-refractivity contribution is 0.0698. The van der Waals surface area contributed by atoms with Gasteiger partial charge in [-0.15, -0.1) is 0 Å². The average Bonchev–Trinajstić information content (AvgIpc) is 3.27. The van der Waals surface area contributed by atoms with E-state index in [9.17, 15) is 13.2 Å². The Labute approximate surface area is 179 Å². The van der Waals surface area contributed by atoms with Crippen molar-refractivity contribution in [3.63, 3.8) is 0 Å². The summed E-state index contributed by atoms with van der Waals surface area (Å²) in [6.07, 6.45) is 2.53. The number of benzene rings is 2. The third kappa shape index (κ3) is 4.58. The van der Waals surface area contributed by atoms with Gasteiger partial charge in [-0.1, -0.05) is 29.8 Å². The molecule has 0 unspecified atom stereocenters. The van der Waals surface area contributed by atoms with Gasteiger partial charge in [-0.25, -0.2) is 8.42 Å². The molecule has 2 saturated heterocycles. The van der Waals surface area contributed by atoms with Crippen molar-refractivity contribution >= 4 is 15.9 Å². The van der Waals surface area contributed by atoms with E-state index in [-0.39, 0.29) is 5.91 Å². The van der Waals surface area contributed by atoms with Crippen LogP contribution in [0.4, 0.5) is 0 Å². The molecule has 0 bridgehead atoms. The van der Waals surface area contributed by atoms with E-state index in [1.165, 1.54) is 22.7 Å². The predicted molar refractivity (Wildman–Crippen MR) is 117 cm³/mol. The van der Waals surface area contributed by atoms with Gasteiger partial charge in [-0.05, 0) is 62.7 Å². The zero-order valence-electron chi connectivity index (χ0n) is 17.5. The van der Waals surface area contributed by atoms with Crippen molar-refractivity contribution < 1.29 is 13.2 Å². The summed E-state index contributed by atoms with van der Waals surface area (Å²) < 4.78 is 27.2. The molecule has 2 aromatic rings. The first-order chi connectivity index (χ1) is 14.4. The van der Waals surface area contributed by atoms with Crippen molar-refractivity contribution in [2.75, 3.05) is 39.3 Å². The van der Waals surface area contributed by atoms with Crippen molar-refractivity contribution in [3.8, 4) is 0 Å². The highest BCUT2D eigenvalue weighted by atomic mass is 32.2. The van der Waals surface area contributed by atoms with Crippen LogP contribution in [-0.2, 0) is 16.6 Å². The van der Waals surface area contributed by atoms with E-state index in [2.05, 4.69) is 4.90 Å². The van der Waals surface area contributed by atoms with Crippen molar-refractivity contribution in [1.29, 1.82) is 0 Å². The van der Waals surface area contributed by atoms with Crippen LogP contribution >= 0.6 is 0 Å². The molecule has 0 aliphatic carbocycles. The second-order valence-corrected chi connectivity index (χ2v) is 10.1. The molecule has 0 saturated carbocycles. The molecule has 2 fully saturated rings. The molecule has 2 aliphatic heterocycles. The molecule has 2 aliphatic rings. The number of nitrogens with zero attached hydrogens (tertiary/aromatic N) is 3. The summed E-state index contributed by atoms with van der Waals surface area (Å²) in [6.45, 7) is 6.60. The lowest BCUT2D eigenvalue weighted by Crippen LogP contribution is -2.50. The van der Waals surface area contributed by atoms with Crippen LogP contribution in [0.2, 0.25) is 0 Å². The maximum absolute atomic E-state index is 12.9. The third-order valence-corrected chi connectivity index (χ3v) is 7.90. The maximum atomic E-state index is 12.9. The molecular formula is C23H29N3O3S. The number of hydrogen-bond acceptors (Lipinski definition) is 4. The largest absolute Gasteiger partial charge is 0.336 e. The van der Waals surface area contributed by atoms with Gasteiger partial charge in [0.15, 0.2) is 0 Å². The molecule has 0 spiro atoms. The molecule has 0 aromatic heterocycles. The molecule has 4 rings (SSSR count). The second kappa shape index (κ2) is 8.88. The van der Waals surface area contributed by atoms with Crippen LogP contribution in [-0.4, -0.2) is 67.7 Å². The summed E-state index contributed by atoms with van der Waals surface area (Å²) in [5.41, 5.74) is 2.91. The van der Waals surface area contributed by atoms with Gasteiger partial charge in [0, 0.05) is 38.3 Å². The number of carbonyl (C=O) groups excluding carboxylic acids is 1. The van der Waals surface area contributed by atoms with Crippen molar-refractivity contribution in [3.05, 3.63) is 65.2 Å². The fourth-order valence-corrected chi connectivity index (χ4v) is 5.55. The first-order valence-corrected chi connectivity index (χ1v) is 12.0. The van der Waals surface area contributed by atoms with Gasteiger partial charge >= 0.3 is 0 Å². The molecular weight excluding hydrogens is 398 g/mol. The Morgan fingerprint density at radius 3 is 2.03 bits per heavy atom. The number of carbonyl (C=O) groups is 1. The monoisotopic (exact) mass is 427 g/mol. The average molecular weight is 428 g/mol. The number of rotatable bonds is 5. The SMILES string of the molecule is Cc1ccc(S(=O)(=O)N2CCN(C(=O)c3ccc(CN4CCCC4)cc3)CC2)cc1. The van der Waals surface area contributed by atoms with Crippen molar-refractivity contribution in [1.82, 2.24) is 14.1 Å². The minimum absolute atomic E-state index is 0.0323. The lowest BCUT2D eigenvalue weighted by Gasteiger charge is -2.34. The Morgan fingerprint density at radius 2 is 1.43 bits per heavy atom. The molecule has 1 amide bonds. The Balaban J connectivity index is 1.35. The zero-order chi connectivity index (χ0) is 21.1. The maximum Gasteiger partial charge on any atom is 0.253 e. The topological polar surface area (TPSA) is 60.9 Å². The molecule has 2 aromatic carbocycles. The molecule has 2 heterocycles. The number of sulfonamides is 1. The summed E-state index contributed by atoms with van der Waals surface area (Å²) in [5, 5.41) is 0. The number of aryl methyl sites for hydroxylation is 1. The summed E-state index contributed by atoms with van der Waals surface area (Å²) in [7, 11) is -3.52. The molecule has 30 heavy (non-hydrogen) atoms. The van der Waals surface area contributed by atoms with Gasteiger partial charge in [0.05, 0.1) is 4.90 Å². The highest BCUT2D eigenvalue weighted by molar-refractivity contribution is 7.89. The van der Waals surface area contributed by atoms with Crippen LogP contribution in [0.25, 0.3) is 0 Å². The van der Waals surface area contributed by atoms with Gasteiger partial charge in [0.1, 0.15) is 0 Å². The third-order valence-electron chi connectivity index (χ3n) is 5.99. The van der Waals surface area contributed by atoms with Gasteiger partial charge in [0.25, 0.3) is 5.91 Å². The summed E-state index contributed by atoms with van der Waals surface area (Å²) >= 11 is 0. The standard InChI is InChI=1S/C23H29N3O3S/c1-19-4-10-22(11-5-19)30(28,29)26-16-14-25(15-17-26)23(27)21-8-6-20(7-9-21)18-24-12-2-3-13-24/h4-11H,2-3,12-18H2,1H3. The van der Waals surface area contributed by atoms with E-state index < -0.39 is 10.0 Å². The minimum Gasteiger partial charge on any atom is -0.336 e. The molecule has 6 nitrogen and oxygen atoms in total. The summed E-state index contributed by atoms with van der Waals surface area (Å²) in [6, 6.07) is 14.7. The van der Waals surface area contributed by atoms with Crippen molar-refractivity contribution in [2.24, 2.45) is 0 Å². The van der Waals surface area contributed by atoms with Gasteiger partial charge in [-0.2, -0.15) is 4.31 Å². The first kappa shape index (κ1) is 21.0. The number of hydrogen-bond donors (Lipinski definition) is 0. The zero-order valence-corrected chi connectivity index (χ0v) is 18.3. The van der Waals surface area contributed by atoms with E-state index in [1.54, 1.807) is 29.2 Å². The number of amides is 1. The van der Waals surface area contributed by atoms with E-state index in [0.29, 0.717) is 36.6 Å². The Kier molecular flexibility index (Phi) is 6.22. The Hall–Kier alpha value is -2.22. The molecule has 160 valence electrons. The predicted octanol–water partition coefficient (Wildman–Crippen LogP) is 2.74. The lowest BCUT2D eigenvalue weighted by atomic mass is 10.1.